The van der Waals surface area contributed by atoms with Gasteiger partial charge in [-0.25, -0.2) is 0 Å². The minimum atomic E-state index is -5.94. The standard InChI is InChI=1S/C24H23F3N6O4S/c1-14-7-17-19(32(4)23(14)34)8-16(37-38(35,36)24(25,26)27)9-20(17)33-6-5-30(2)21-10-18(28-12-22(21)33)15-11-29-31(3)13-15/h7-13H,5-6H2,1-4H3. The molecule has 0 radical (unpaired) electrons. The van der Waals surface area contributed by atoms with Crippen molar-refractivity contribution >= 4 is 38.1 Å². The molecule has 0 saturated carbocycles. The summed E-state index contributed by atoms with van der Waals surface area (Å²) in [6, 6.07) is 5.87. The molecule has 14 heteroatoms. The Labute approximate surface area is 215 Å². The molecule has 4 heterocycles. The van der Waals surface area contributed by atoms with E-state index >= 15 is 0 Å². The maximum absolute atomic E-state index is 13.1. The Kier molecular flexibility index (Phi) is 5.89. The molecule has 0 saturated heterocycles. The van der Waals surface area contributed by atoms with Gasteiger partial charge in [0.25, 0.3) is 5.56 Å². The molecule has 0 atom stereocenters. The molecule has 4 aromatic rings. The fraction of sp³-hybridized carbons (Fsp3) is 0.292. The fourth-order valence-corrected chi connectivity index (χ4v) is 4.97. The van der Waals surface area contributed by atoms with Crippen LogP contribution in [0.4, 0.5) is 30.2 Å². The topological polar surface area (TPSA) is 103 Å². The second-order valence-corrected chi connectivity index (χ2v) is 10.6. The van der Waals surface area contributed by atoms with Gasteiger partial charge in [-0.3, -0.25) is 14.5 Å². The number of hydrogen-bond donors (Lipinski definition) is 0. The fourth-order valence-electron chi connectivity index (χ4n) is 4.52. The molecule has 0 aliphatic carbocycles. The Hall–Kier alpha value is -4.07. The molecule has 0 unspecified atom stereocenters. The first kappa shape index (κ1) is 25.6. The van der Waals surface area contributed by atoms with Crippen molar-refractivity contribution in [2.24, 2.45) is 14.1 Å². The summed E-state index contributed by atoms with van der Waals surface area (Å²) < 4.78 is 70.3. The van der Waals surface area contributed by atoms with E-state index in [9.17, 15) is 26.4 Å². The van der Waals surface area contributed by atoms with Gasteiger partial charge in [0.15, 0.2) is 0 Å². The molecular weight excluding hydrogens is 525 g/mol. The summed E-state index contributed by atoms with van der Waals surface area (Å²) in [5.74, 6) is -0.566. The number of aromatic nitrogens is 4. The number of hydrogen-bond acceptors (Lipinski definition) is 8. The van der Waals surface area contributed by atoms with E-state index in [4.69, 9.17) is 0 Å². The third-order valence-electron chi connectivity index (χ3n) is 6.48. The maximum Gasteiger partial charge on any atom is 0.534 e. The highest BCUT2D eigenvalue weighted by atomic mass is 32.2. The highest BCUT2D eigenvalue weighted by molar-refractivity contribution is 7.88. The van der Waals surface area contributed by atoms with Gasteiger partial charge in [-0.15, -0.1) is 0 Å². The second kappa shape index (κ2) is 8.75. The molecule has 38 heavy (non-hydrogen) atoms. The molecule has 0 bridgehead atoms. The zero-order valence-corrected chi connectivity index (χ0v) is 21.6. The summed E-state index contributed by atoms with van der Waals surface area (Å²) in [7, 11) is -0.771. The SMILES string of the molecule is Cc1cc2c(N3CCN(C)c4cc(-c5cnn(C)c5)ncc43)cc(OS(=O)(=O)C(F)(F)F)cc2n(C)c1=O. The third kappa shape index (κ3) is 4.23. The van der Waals surface area contributed by atoms with Gasteiger partial charge in [0.1, 0.15) is 5.75 Å². The van der Waals surface area contributed by atoms with Crippen molar-refractivity contribution in [2.45, 2.75) is 12.4 Å². The first-order valence-corrected chi connectivity index (χ1v) is 12.8. The quantitative estimate of drug-likeness (QED) is 0.282. The van der Waals surface area contributed by atoms with Crippen molar-refractivity contribution in [2.75, 3.05) is 29.9 Å². The zero-order chi connectivity index (χ0) is 27.6. The number of pyridine rings is 2. The van der Waals surface area contributed by atoms with E-state index in [1.54, 1.807) is 37.1 Å². The lowest BCUT2D eigenvalue weighted by molar-refractivity contribution is -0.0500. The van der Waals surface area contributed by atoms with Crippen LogP contribution >= 0.6 is 0 Å². The Morgan fingerprint density at radius 1 is 0.974 bits per heavy atom. The highest BCUT2D eigenvalue weighted by Crippen LogP contribution is 2.43. The van der Waals surface area contributed by atoms with E-state index in [1.807, 2.05) is 29.1 Å². The lowest BCUT2D eigenvalue weighted by Gasteiger charge is -2.37. The van der Waals surface area contributed by atoms with E-state index in [0.717, 1.165) is 17.3 Å². The van der Waals surface area contributed by atoms with Crippen LogP contribution in [0.5, 0.6) is 5.75 Å². The van der Waals surface area contributed by atoms with Crippen LogP contribution in [0.15, 0.2) is 47.7 Å². The summed E-state index contributed by atoms with van der Waals surface area (Å²) in [6.45, 7) is 2.58. The van der Waals surface area contributed by atoms with E-state index in [-0.39, 0.29) is 11.1 Å². The van der Waals surface area contributed by atoms with Gasteiger partial charge in [-0.1, -0.05) is 0 Å². The van der Waals surface area contributed by atoms with Crippen LogP contribution in [0, 0.1) is 6.92 Å². The molecule has 0 amide bonds. The summed E-state index contributed by atoms with van der Waals surface area (Å²) in [5.41, 5.74) is -2.05. The van der Waals surface area contributed by atoms with Crippen molar-refractivity contribution in [3.63, 3.8) is 0 Å². The molecule has 200 valence electrons. The van der Waals surface area contributed by atoms with Crippen LogP contribution in [0.1, 0.15) is 5.56 Å². The summed E-state index contributed by atoms with van der Waals surface area (Å²) in [4.78, 5) is 21.1. The molecule has 1 aliphatic rings. The van der Waals surface area contributed by atoms with E-state index in [2.05, 4.69) is 14.3 Å². The number of fused-ring (bicyclic) bond motifs is 2. The predicted octanol–water partition coefficient (Wildman–Crippen LogP) is 3.46. The Bertz CT molecular complexity index is 1750. The number of alkyl halides is 3. The lowest BCUT2D eigenvalue weighted by atomic mass is 10.1. The molecule has 10 nitrogen and oxygen atoms in total. The van der Waals surface area contributed by atoms with Gasteiger partial charge in [-0.2, -0.15) is 26.7 Å². The van der Waals surface area contributed by atoms with Gasteiger partial charge >= 0.3 is 15.6 Å². The number of nitrogens with zero attached hydrogens (tertiary/aromatic N) is 6. The van der Waals surface area contributed by atoms with Crippen LogP contribution in [-0.2, 0) is 24.2 Å². The molecule has 0 N–H and O–H groups in total. The largest absolute Gasteiger partial charge is 0.534 e. The Morgan fingerprint density at radius 2 is 1.71 bits per heavy atom. The zero-order valence-electron chi connectivity index (χ0n) is 20.8. The third-order valence-corrected chi connectivity index (χ3v) is 7.46. The number of aryl methyl sites for hydroxylation is 3. The molecule has 3 aromatic heterocycles. The maximum atomic E-state index is 13.1. The van der Waals surface area contributed by atoms with Gasteiger partial charge in [0.05, 0.1) is 40.7 Å². The normalized spacial score (nSPS) is 14.2. The number of rotatable bonds is 4. The second-order valence-electron chi connectivity index (χ2n) is 9.08. The Morgan fingerprint density at radius 3 is 2.37 bits per heavy atom. The number of anilines is 3. The van der Waals surface area contributed by atoms with Crippen molar-refractivity contribution in [3.05, 3.63) is 58.8 Å². The van der Waals surface area contributed by atoms with E-state index in [1.165, 1.54) is 17.7 Å². The number of benzene rings is 1. The minimum absolute atomic E-state index is 0.214. The van der Waals surface area contributed by atoms with E-state index < -0.39 is 21.4 Å². The molecule has 5 rings (SSSR count). The average molecular weight is 549 g/mol. The highest BCUT2D eigenvalue weighted by Gasteiger charge is 2.48. The van der Waals surface area contributed by atoms with Crippen LogP contribution in [0.2, 0.25) is 0 Å². The monoisotopic (exact) mass is 548 g/mol. The van der Waals surface area contributed by atoms with Gasteiger partial charge < -0.3 is 18.6 Å². The summed E-state index contributed by atoms with van der Waals surface area (Å²) >= 11 is 0. The molecule has 0 fully saturated rings. The first-order chi connectivity index (χ1) is 17.8. The average Bonchev–Trinajstić information content (AvgIpc) is 3.28. The Balaban J connectivity index is 1.72. The van der Waals surface area contributed by atoms with Crippen LogP contribution in [0.3, 0.4) is 0 Å². The molecular formula is C24H23F3N6O4S. The smallest absolute Gasteiger partial charge is 0.376 e. The summed E-state index contributed by atoms with van der Waals surface area (Å²) in [5, 5.41) is 4.72. The van der Waals surface area contributed by atoms with E-state index in [0.29, 0.717) is 41.1 Å². The lowest BCUT2D eigenvalue weighted by Crippen LogP contribution is -2.37. The van der Waals surface area contributed by atoms with Gasteiger partial charge in [0, 0.05) is 69.1 Å². The molecule has 1 aliphatic heterocycles. The first-order valence-electron chi connectivity index (χ1n) is 11.4. The van der Waals surface area contributed by atoms with Crippen LogP contribution in [-0.4, -0.2) is 53.4 Å². The predicted molar refractivity (Wildman–Crippen MR) is 136 cm³/mol. The molecule has 0 spiro atoms. The van der Waals surface area contributed by atoms with Gasteiger partial charge in [-0.05, 0) is 19.1 Å². The van der Waals surface area contributed by atoms with Crippen molar-refractivity contribution in [1.29, 1.82) is 0 Å². The van der Waals surface area contributed by atoms with Gasteiger partial charge in [0.2, 0.25) is 0 Å². The van der Waals surface area contributed by atoms with Crippen molar-refractivity contribution in [3.8, 4) is 17.0 Å². The number of likely N-dealkylation sites (N-methyl/N-ethyl adjacent to an activating group) is 1. The minimum Gasteiger partial charge on any atom is -0.376 e. The van der Waals surface area contributed by atoms with Crippen molar-refractivity contribution in [1.82, 2.24) is 19.3 Å². The number of halogens is 3. The molecule has 1 aromatic carbocycles. The summed E-state index contributed by atoms with van der Waals surface area (Å²) in [6.07, 6.45) is 5.16. The van der Waals surface area contributed by atoms with Crippen molar-refractivity contribution < 1.29 is 25.8 Å². The van der Waals surface area contributed by atoms with Crippen LogP contribution < -0.4 is 19.5 Å². The van der Waals surface area contributed by atoms with Crippen LogP contribution in [0.25, 0.3) is 22.2 Å².